The van der Waals surface area contributed by atoms with E-state index >= 15 is 0 Å². The Labute approximate surface area is 76.8 Å². The van der Waals surface area contributed by atoms with Gasteiger partial charge in [-0.2, -0.15) is 5.26 Å². The molecule has 0 bridgehead atoms. The standard InChI is InChI=1S/C9H6N2S/c10-7-1-2-8-3-5-9(11-12)6-4-8/h3-6,11-12H. The van der Waals surface area contributed by atoms with Crippen LogP contribution in [0.15, 0.2) is 24.3 Å². The van der Waals surface area contributed by atoms with Gasteiger partial charge < -0.3 is 4.72 Å². The molecule has 0 saturated heterocycles. The molecule has 1 aromatic rings. The summed E-state index contributed by atoms with van der Waals surface area (Å²) in [4.78, 5) is 0. The van der Waals surface area contributed by atoms with E-state index in [4.69, 9.17) is 5.26 Å². The quantitative estimate of drug-likeness (QED) is 0.503. The summed E-state index contributed by atoms with van der Waals surface area (Å²) < 4.78 is 2.69. The zero-order valence-electron chi connectivity index (χ0n) is 6.20. The van der Waals surface area contributed by atoms with Gasteiger partial charge in [0.15, 0.2) is 6.07 Å². The van der Waals surface area contributed by atoms with E-state index in [0.717, 1.165) is 11.3 Å². The van der Waals surface area contributed by atoms with Crippen molar-refractivity contribution in [1.82, 2.24) is 0 Å². The molecule has 12 heavy (non-hydrogen) atoms. The van der Waals surface area contributed by atoms with Crippen LogP contribution in [0.25, 0.3) is 0 Å². The van der Waals surface area contributed by atoms with Crippen LogP contribution < -0.4 is 4.72 Å². The van der Waals surface area contributed by atoms with Gasteiger partial charge >= 0.3 is 0 Å². The molecule has 0 amide bonds. The zero-order valence-corrected chi connectivity index (χ0v) is 7.10. The van der Waals surface area contributed by atoms with Crippen molar-refractivity contribution in [3.05, 3.63) is 29.8 Å². The number of hydrogen-bond acceptors (Lipinski definition) is 3. The molecule has 58 valence electrons. The number of nitriles is 1. The highest BCUT2D eigenvalue weighted by molar-refractivity contribution is 7.81. The third-order valence-corrected chi connectivity index (χ3v) is 1.53. The lowest BCUT2D eigenvalue weighted by Gasteiger charge is -1.96. The number of benzene rings is 1. The summed E-state index contributed by atoms with van der Waals surface area (Å²) in [6, 6.07) is 9.08. The molecule has 0 fully saturated rings. The van der Waals surface area contributed by atoms with Crippen molar-refractivity contribution in [2.75, 3.05) is 4.72 Å². The van der Waals surface area contributed by atoms with Gasteiger partial charge in [-0.25, -0.2) is 0 Å². The highest BCUT2D eigenvalue weighted by Crippen LogP contribution is 2.08. The largest absolute Gasteiger partial charge is 0.332 e. The maximum Gasteiger partial charge on any atom is 0.152 e. The Balaban J connectivity index is 2.87. The Hall–Kier alpha value is -1.58. The van der Waals surface area contributed by atoms with E-state index in [1.54, 1.807) is 6.07 Å². The first-order valence-electron chi connectivity index (χ1n) is 3.27. The van der Waals surface area contributed by atoms with E-state index in [1.165, 1.54) is 0 Å². The van der Waals surface area contributed by atoms with Crippen LogP contribution in [0, 0.1) is 23.2 Å². The van der Waals surface area contributed by atoms with Gasteiger partial charge in [-0.05, 0) is 24.3 Å². The number of hydrogen-bond donors (Lipinski definition) is 2. The highest BCUT2D eigenvalue weighted by atomic mass is 32.1. The van der Waals surface area contributed by atoms with Crippen molar-refractivity contribution in [2.24, 2.45) is 0 Å². The second-order valence-corrected chi connectivity index (χ2v) is 2.27. The molecule has 0 unspecified atom stereocenters. The first-order chi connectivity index (χ1) is 5.86. The second kappa shape index (κ2) is 4.33. The average molecular weight is 174 g/mol. The smallest absolute Gasteiger partial charge is 0.152 e. The maximum atomic E-state index is 8.18. The predicted molar refractivity (Wildman–Crippen MR) is 51.5 cm³/mol. The fraction of sp³-hybridized carbons (Fsp3) is 0. The van der Waals surface area contributed by atoms with Crippen LogP contribution in [0.1, 0.15) is 5.56 Å². The number of anilines is 1. The van der Waals surface area contributed by atoms with Gasteiger partial charge in [-0.15, -0.1) is 0 Å². The van der Waals surface area contributed by atoms with Crippen LogP contribution in [-0.4, -0.2) is 0 Å². The summed E-state index contributed by atoms with van der Waals surface area (Å²) in [6.07, 6.45) is 0. The molecule has 0 aliphatic carbocycles. The Morgan fingerprint density at radius 3 is 2.42 bits per heavy atom. The van der Waals surface area contributed by atoms with Crippen LogP contribution in [0.2, 0.25) is 0 Å². The van der Waals surface area contributed by atoms with Crippen molar-refractivity contribution >= 4 is 18.5 Å². The molecule has 0 spiro atoms. The lowest BCUT2D eigenvalue weighted by atomic mass is 10.2. The van der Waals surface area contributed by atoms with Crippen LogP contribution in [0.5, 0.6) is 0 Å². The van der Waals surface area contributed by atoms with Crippen LogP contribution in [0.4, 0.5) is 5.69 Å². The van der Waals surface area contributed by atoms with Crippen molar-refractivity contribution in [3.8, 4) is 17.9 Å². The van der Waals surface area contributed by atoms with Gasteiger partial charge in [-0.3, -0.25) is 0 Å². The SMILES string of the molecule is N#CC#Cc1ccc(NS)cc1. The first kappa shape index (κ1) is 8.52. The van der Waals surface area contributed by atoms with Crippen molar-refractivity contribution < 1.29 is 0 Å². The molecule has 0 aromatic heterocycles. The fourth-order valence-corrected chi connectivity index (χ4v) is 0.877. The van der Waals surface area contributed by atoms with Gasteiger partial charge in [0.05, 0.1) is 0 Å². The average Bonchev–Trinajstić information content (AvgIpc) is 2.15. The summed E-state index contributed by atoms with van der Waals surface area (Å²) in [7, 11) is 0. The van der Waals surface area contributed by atoms with E-state index in [9.17, 15) is 0 Å². The summed E-state index contributed by atoms with van der Waals surface area (Å²) in [5.74, 6) is 5.00. The normalized spacial score (nSPS) is 7.67. The molecule has 2 nitrogen and oxygen atoms in total. The summed E-state index contributed by atoms with van der Waals surface area (Å²) >= 11 is 3.88. The molecule has 1 N–H and O–H groups in total. The summed E-state index contributed by atoms with van der Waals surface area (Å²) in [5.41, 5.74) is 1.73. The topological polar surface area (TPSA) is 35.8 Å². The van der Waals surface area contributed by atoms with E-state index in [2.05, 4.69) is 29.4 Å². The Morgan fingerprint density at radius 1 is 1.25 bits per heavy atom. The van der Waals surface area contributed by atoms with Gasteiger partial charge in [0, 0.05) is 17.2 Å². The van der Waals surface area contributed by atoms with Crippen LogP contribution in [-0.2, 0) is 0 Å². The van der Waals surface area contributed by atoms with Gasteiger partial charge in [0.2, 0.25) is 0 Å². The third-order valence-electron chi connectivity index (χ3n) is 1.28. The maximum absolute atomic E-state index is 8.18. The van der Waals surface area contributed by atoms with Gasteiger partial charge in [-0.1, -0.05) is 18.7 Å². The van der Waals surface area contributed by atoms with Gasteiger partial charge in [0.1, 0.15) is 0 Å². The molecule has 0 radical (unpaired) electrons. The molecule has 0 aliphatic rings. The highest BCUT2D eigenvalue weighted by Gasteiger charge is 1.87. The molecule has 0 saturated carbocycles. The Bertz CT molecular complexity index is 351. The molecule has 3 heteroatoms. The van der Waals surface area contributed by atoms with E-state index in [1.807, 2.05) is 24.3 Å². The van der Waals surface area contributed by atoms with Crippen LogP contribution >= 0.6 is 12.8 Å². The number of rotatable bonds is 1. The molecule has 1 aromatic carbocycles. The molecule has 0 aliphatic heterocycles. The first-order valence-corrected chi connectivity index (χ1v) is 3.72. The minimum atomic E-state index is 0.823. The van der Waals surface area contributed by atoms with E-state index in [-0.39, 0.29) is 0 Å². The molecular formula is C9H6N2S. The Morgan fingerprint density at radius 2 is 1.92 bits per heavy atom. The molecule has 0 heterocycles. The number of thiol groups is 1. The minimum Gasteiger partial charge on any atom is -0.332 e. The molecule has 1 rings (SSSR count). The zero-order chi connectivity index (χ0) is 8.81. The van der Waals surface area contributed by atoms with Crippen molar-refractivity contribution in [2.45, 2.75) is 0 Å². The second-order valence-electron chi connectivity index (χ2n) is 2.05. The number of nitrogens with one attached hydrogen (secondary N) is 1. The third kappa shape index (κ3) is 2.23. The van der Waals surface area contributed by atoms with Crippen molar-refractivity contribution in [1.29, 1.82) is 5.26 Å². The van der Waals surface area contributed by atoms with Crippen molar-refractivity contribution in [3.63, 3.8) is 0 Å². The lowest BCUT2D eigenvalue weighted by molar-refractivity contribution is 1.55. The monoisotopic (exact) mass is 174 g/mol. The summed E-state index contributed by atoms with van der Waals surface area (Å²) in [6.45, 7) is 0. The predicted octanol–water partition coefficient (Wildman–Crippen LogP) is 1.82. The summed E-state index contributed by atoms with van der Waals surface area (Å²) in [5, 5.41) is 8.18. The lowest BCUT2D eigenvalue weighted by Crippen LogP contribution is -1.79. The van der Waals surface area contributed by atoms with Gasteiger partial charge in [0.25, 0.3) is 0 Å². The fourth-order valence-electron chi connectivity index (χ4n) is 0.728. The van der Waals surface area contributed by atoms with Crippen LogP contribution in [0.3, 0.4) is 0 Å². The molecule has 0 atom stereocenters. The van der Waals surface area contributed by atoms with E-state index < -0.39 is 0 Å². The minimum absolute atomic E-state index is 0.823. The van der Waals surface area contributed by atoms with E-state index in [0.29, 0.717) is 0 Å². The molecular weight excluding hydrogens is 168 g/mol. The number of nitrogens with zero attached hydrogens (tertiary/aromatic N) is 1. The Kier molecular flexibility index (Phi) is 3.07.